The van der Waals surface area contributed by atoms with Crippen LogP contribution in [0.1, 0.15) is 13.8 Å². The van der Waals surface area contributed by atoms with Crippen molar-refractivity contribution in [2.45, 2.75) is 13.8 Å². The van der Waals surface area contributed by atoms with Crippen molar-refractivity contribution in [1.29, 1.82) is 0 Å². The van der Waals surface area contributed by atoms with Gasteiger partial charge in [-0.25, -0.2) is 13.2 Å². The van der Waals surface area contributed by atoms with E-state index in [9.17, 15) is 13.2 Å². The van der Waals surface area contributed by atoms with Crippen molar-refractivity contribution in [3.8, 4) is 0 Å². The van der Waals surface area contributed by atoms with Crippen LogP contribution in [-0.2, 0) is 0 Å². The van der Waals surface area contributed by atoms with Gasteiger partial charge in [-0.2, -0.15) is 0 Å². The molecule has 0 radical (unpaired) electrons. The topological polar surface area (TPSA) is 32.3 Å². The molecule has 0 aliphatic rings. The number of hydrogen-bond donors (Lipinski definition) is 2. The van der Waals surface area contributed by atoms with Crippen LogP contribution in [0.5, 0.6) is 0 Å². The van der Waals surface area contributed by atoms with Crippen molar-refractivity contribution >= 4 is 5.69 Å². The molecule has 16 heavy (non-hydrogen) atoms. The van der Waals surface area contributed by atoms with Gasteiger partial charge in [0.05, 0.1) is 5.69 Å². The third kappa shape index (κ3) is 3.13. The van der Waals surface area contributed by atoms with Gasteiger partial charge in [0.2, 0.25) is 0 Å². The van der Waals surface area contributed by atoms with Crippen LogP contribution >= 0.6 is 0 Å². The summed E-state index contributed by atoms with van der Waals surface area (Å²) in [5.74, 6) is -3.19. The zero-order valence-corrected chi connectivity index (χ0v) is 9.15. The molecule has 0 aliphatic carbocycles. The minimum atomic E-state index is -1.23. The lowest BCUT2D eigenvalue weighted by Gasteiger charge is -2.22. The van der Waals surface area contributed by atoms with Crippen molar-refractivity contribution in [3.63, 3.8) is 0 Å². The van der Waals surface area contributed by atoms with E-state index >= 15 is 0 Å². The molecule has 0 bridgehead atoms. The first-order valence-electron chi connectivity index (χ1n) is 4.85. The summed E-state index contributed by atoms with van der Waals surface area (Å²) in [7, 11) is 0. The predicted octanol–water partition coefficient (Wildman–Crippen LogP) is 2.53. The largest absolute Gasteiger partial charge is 0.396 e. The fraction of sp³-hybridized carbons (Fsp3) is 0.455. The van der Waals surface area contributed by atoms with Gasteiger partial charge >= 0.3 is 0 Å². The number of nitrogens with one attached hydrogen (secondary N) is 1. The highest BCUT2D eigenvalue weighted by Gasteiger charge is 2.18. The maximum atomic E-state index is 13.2. The second kappa shape index (κ2) is 4.74. The van der Waals surface area contributed by atoms with Crippen LogP contribution < -0.4 is 5.32 Å². The fourth-order valence-corrected chi connectivity index (χ4v) is 1.08. The first-order chi connectivity index (χ1) is 7.35. The van der Waals surface area contributed by atoms with Crippen molar-refractivity contribution < 1.29 is 18.3 Å². The van der Waals surface area contributed by atoms with E-state index in [2.05, 4.69) is 5.32 Å². The molecular formula is C11H14F3NO. The van der Waals surface area contributed by atoms with Gasteiger partial charge in [0, 0.05) is 30.7 Å². The highest BCUT2D eigenvalue weighted by molar-refractivity contribution is 5.45. The molecular weight excluding hydrogens is 219 g/mol. The van der Waals surface area contributed by atoms with Gasteiger partial charge in [-0.05, 0) is 0 Å². The molecule has 0 heterocycles. The Balaban J connectivity index is 2.82. The second-order valence-electron chi connectivity index (χ2n) is 4.43. The molecule has 2 N–H and O–H groups in total. The summed E-state index contributed by atoms with van der Waals surface area (Å²) >= 11 is 0. The first kappa shape index (κ1) is 12.8. The fourth-order valence-electron chi connectivity index (χ4n) is 1.08. The summed E-state index contributed by atoms with van der Waals surface area (Å²) < 4.78 is 38.8. The van der Waals surface area contributed by atoms with Crippen LogP contribution in [0.25, 0.3) is 0 Å². The zero-order valence-electron chi connectivity index (χ0n) is 9.15. The molecule has 0 atom stereocenters. The smallest absolute Gasteiger partial charge is 0.182 e. The minimum absolute atomic E-state index is 0.112. The number of benzene rings is 1. The Morgan fingerprint density at radius 3 is 2.44 bits per heavy atom. The molecule has 1 aromatic rings. The Labute approximate surface area is 92.1 Å². The molecule has 0 fully saturated rings. The molecule has 0 aliphatic heterocycles. The molecule has 2 nitrogen and oxygen atoms in total. The lowest BCUT2D eigenvalue weighted by molar-refractivity contribution is 0.170. The highest BCUT2D eigenvalue weighted by Crippen LogP contribution is 2.21. The van der Waals surface area contributed by atoms with Crippen LogP contribution in [0.3, 0.4) is 0 Å². The second-order valence-corrected chi connectivity index (χ2v) is 4.43. The highest BCUT2D eigenvalue weighted by atomic mass is 19.2. The molecule has 1 rings (SSSR count). The van der Waals surface area contributed by atoms with E-state index in [1.165, 1.54) is 0 Å². The number of hydrogen-bond acceptors (Lipinski definition) is 2. The lowest BCUT2D eigenvalue weighted by Crippen LogP contribution is -2.27. The van der Waals surface area contributed by atoms with E-state index in [1.807, 2.05) is 0 Å². The first-order valence-corrected chi connectivity index (χ1v) is 4.85. The van der Waals surface area contributed by atoms with Crippen molar-refractivity contribution in [1.82, 2.24) is 0 Å². The van der Waals surface area contributed by atoms with E-state index in [1.54, 1.807) is 13.8 Å². The van der Waals surface area contributed by atoms with Gasteiger partial charge in [0.1, 0.15) is 5.82 Å². The number of aliphatic hydroxyl groups excluding tert-OH is 1. The summed E-state index contributed by atoms with van der Waals surface area (Å²) in [6, 6.07) is 1.36. The van der Waals surface area contributed by atoms with Crippen LogP contribution in [0.4, 0.5) is 18.9 Å². The summed E-state index contributed by atoms with van der Waals surface area (Å²) in [4.78, 5) is 0. The summed E-state index contributed by atoms with van der Waals surface area (Å²) in [6.07, 6.45) is 0. The van der Waals surface area contributed by atoms with Crippen molar-refractivity contribution in [2.75, 3.05) is 18.5 Å². The summed E-state index contributed by atoms with van der Waals surface area (Å²) in [5, 5.41) is 11.5. The molecule has 0 spiro atoms. The van der Waals surface area contributed by atoms with E-state index in [0.29, 0.717) is 6.07 Å². The zero-order chi connectivity index (χ0) is 12.3. The molecule has 0 unspecified atom stereocenters. The molecule has 0 aromatic heterocycles. The van der Waals surface area contributed by atoms with Gasteiger partial charge in [0.25, 0.3) is 0 Å². The van der Waals surface area contributed by atoms with Gasteiger partial charge in [-0.1, -0.05) is 13.8 Å². The Kier molecular flexibility index (Phi) is 3.80. The SMILES string of the molecule is CC(C)(CO)CNc1cc(F)cc(F)c1F. The molecule has 0 saturated heterocycles. The Morgan fingerprint density at radius 1 is 1.25 bits per heavy atom. The Hall–Kier alpha value is -1.23. The minimum Gasteiger partial charge on any atom is -0.396 e. The number of anilines is 1. The van der Waals surface area contributed by atoms with Crippen molar-refractivity contribution in [3.05, 3.63) is 29.6 Å². The Morgan fingerprint density at radius 2 is 1.88 bits per heavy atom. The van der Waals surface area contributed by atoms with Crippen molar-refractivity contribution in [2.24, 2.45) is 5.41 Å². The van der Waals surface area contributed by atoms with E-state index in [0.717, 1.165) is 6.07 Å². The van der Waals surface area contributed by atoms with Gasteiger partial charge in [-0.15, -0.1) is 0 Å². The van der Waals surface area contributed by atoms with Gasteiger partial charge in [0.15, 0.2) is 11.6 Å². The quantitative estimate of drug-likeness (QED) is 0.783. The number of aliphatic hydroxyl groups is 1. The number of halogens is 3. The summed E-state index contributed by atoms with van der Waals surface area (Å²) in [5.41, 5.74) is -0.728. The maximum Gasteiger partial charge on any atom is 0.182 e. The van der Waals surface area contributed by atoms with Gasteiger partial charge < -0.3 is 10.4 Å². The number of rotatable bonds is 4. The average Bonchev–Trinajstić information content (AvgIpc) is 2.21. The van der Waals surface area contributed by atoms with Crippen LogP contribution in [0.15, 0.2) is 12.1 Å². The van der Waals surface area contributed by atoms with Crippen LogP contribution in [-0.4, -0.2) is 18.3 Å². The predicted molar refractivity (Wildman–Crippen MR) is 55.7 cm³/mol. The molecule has 0 saturated carbocycles. The third-order valence-electron chi connectivity index (χ3n) is 2.18. The molecule has 1 aromatic carbocycles. The van der Waals surface area contributed by atoms with Gasteiger partial charge in [-0.3, -0.25) is 0 Å². The summed E-state index contributed by atoms with van der Waals surface area (Å²) in [6.45, 7) is 3.59. The molecule has 0 amide bonds. The van der Waals surface area contributed by atoms with E-state index in [-0.39, 0.29) is 18.8 Å². The average molecular weight is 233 g/mol. The van der Waals surface area contributed by atoms with E-state index in [4.69, 9.17) is 5.11 Å². The van der Waals surface area contributed by atoms with Crippen LogP contribution in [0.2, 0.25) is 0 Å². The van der Waals surface area contributed by atoms with Crippen LogP contribution in [0, 0.1) is 22.9 Å². The standard InChI is InChI=1S/C11H14F3NO/c1-11(2,6-16)5-15-9-4-7(12)3-8(13)10(9)14/h3-4,15-16H,5-6H2,1-2H3. The molecule has 5 heteroatoms. The van der Waals surface area contributed by atoms with E-state index < -0.39 is 22.9 Å². The normalized spacial score (nSPS) is 11.6. The molecule has 90 valence electrons. The Bertz CT molecular complexity index is 380. The monoisotopic (exact) mass is 233 g/mol. The lowest BCUT2D eigenvalue weighted by atomic mass is 9.95. The third-order valence-corrected chi connectivity index (χ3v) is 2.18. The maximum absolute atomic E-state index is 13.2.